The first-order valence-corrected chi connectivity index (χ1v) is 7.77. The number of anilines is 1. The number of benzene rings is 1. The van der Waals surface area contributed by atoms with Crippen LogP contribution in [0.25, 0.3) is 10.4 Å². The molecule has 1 fully saturated rings. The summed E-state index contributed by atoms with van der Waals surface area (Å²) in [6, 6.07) is 6.92. The first-order chi connectivity index (χ1) is 11.5. The topological polar surface area (TPSA) is 105 Å². The van der Waals surface area contributed by atoms with Gasteiger partial charge in [0.1, 0.15) is 0 Å². The molecule has 0 amide bonds. The monoisotopic (exact) mass is 332 g/mol. The summed E-state index contributed by atoms with van der Waals surface area (Å²) in [5, 5.41) is 3.61. The van der Waals surface area contributed by atoms with Crippen LogP contribution in [-0.2, 0) is 14.3 Å². The van der Waals surface area contributed by atoms with Crippen molar-refractivity contribution in [2.24, 2.45) is 5.11 Å². The number of ether oxygens (including phenoxy) is 2. The van der Waals surface area contributed by atoms with Gasteiger partial charge in [0, 0.05) is 30.5 Å². The van der Waals surface area contributed by atoms with Gasteiger partial charge in [0.25, 0.3) is 0 Å². The van der Waals surface area contributed by atoms with Gasteiger partial charge in [-0.05, 0) is 37.1 Å². The number of rotatable bonds is 6. The zero-order chi connectivity index (χ0) is 17.6. The molecule has 0 saturated carbocycles. The number of carbonyl (C=O) groups is 2. The number of esters is 2. The van der Waals surface area contributed by atoms with Crippen molar-refractivity contribution in [1.29, 1.82) is 0 Å². The van der Waals surface area contributed by atoms with E-state index in [0.29, 0.717) is 30.8 Å². The number of hydrogen-bond acceptors (Lipinski definition) is 6. The van der Waals surface area contributed by atoms with Gasteiger partial charge in [0.15, 0.2) is 5.72 Å². The fraction of sp³-hybridized carbons (Fsp3) is 0.500. The molecule has 0 bridgehead atoms. The molecule has 0 N–H and O–H groups in total. The zero-order valence-corrected chi connectivity index (χ0v) is 13.8. The van der Waals surface area contributed by atoms with Gasteiger partial charge >= 0.3 is 11.9 Å². The molecule has 0 radical (unpaired) electrons. The van der Waals surface area contributed by atoms with Crippen LogP contribution < -0.4 is 4.90 Å². The Morgan fingerprint density at radius 3 is 2.92 bits per heavy atom. The average Bonchev–Trinajstić information content (AvgIpc) is 2.96. The SMILES string of the molecule is CCOC(=O)c1cccc(N2CCCC2(CN=[N+]=[N-])OC(C)=O)c1. The third-order valence-corrected chi connectivity index (χ3v) is 3.82. The summed E-state index contributed by atoms with van der Waals surface area (Å²) in [6.45, 7) is 3.99. The standard InChI is InChI=1S/C16H20N4O4/c1-3-23-15(22)13-6-4-7-14(10-13)20-9-5-8-16(20,11-18-19-17)24-12(2)21/h4,6-7,10H,3,5,8-9,11H2,1-2H3. The molecule has 1 heterocycles. The summed E-state index contributed by atoms with van der Waals surface area (Å²) < 4.78 is 10.5. The van der Waals surface area contributed by atoms with Crippen LogP contribution in [0.3, 0.4) is 0 Å². The lowest BCUT2D eigenvalue weighted by Crippen LogP contribution is -2.50. The van der Waals surface area contributed by atoms with E-state index in [1.165, 1.54) is 6.92 Å². The average molecular weight is 332 g/mol. The van der Waals surface area contributed by atoms with E-state index in [9.17, 15) is 9.59 Å². The third kappa shape index (κ3) is 3.78. The van der Waals surface area contributed by atoms with Gasteiger partial charge in [-0.2, -0.15) is 0 Å². The summed E-state index contributed by atoms with van der Waals surface area (Å²) in [6.07, 6.45) is 1.33. The highest BCUT2D eigenvalue weighted by Gasteiger charge is 2.44. The third-order valence-electron chi connectivity index (χ3n) is 3.82. The highest BCUT2D eigenvalue weighted by Crippen LogP contribution is 2.36. The molecule has 1 aliphatic rings. The molecule has 1 aromatic carbocycles. The van der Waals surface area contributed by atoms with E-state index >= 15 is 0 Å². The Hall–Kier alpha value is -2.73. The van der Waals surface area contributed by atoms with Gasteiger partial charge in [0.2, 0.25) is 0 Å². The van der Waals surface area contributed by atoms with E-state index in [-0.39, 0.29) is 6.54 Å². The molecular formula is C16H20N4O4. The number of hydrogen-bond donors (Lipinski definition) is 0. The van der Waals surface area contributed by atoms with Crippen LogP contribution in [0.2, 0.25) is 0 Å². The minimum Gasteiger partial charge on any atom is -0.462 e. The highest BCUT2D eigenvalue weighted by molar-refractivity contribution is 5.90. The second-order valence-electron chi connectivity index (χ2n) is 5.45. The largest absolute Gasteiger partial charge is 0.462 e. The molecular weight excluding hydrogens is 312 g/mol. The minimum absolute atomic E-state index is 0.00666. The Morgan fingerprint density at radius 1 is 1.46 bits per heavy atom. The van der Waals surface area contributed by atoms with Crippen molar-refractivity contribution >= 4 is 17.6 Å². The Balaban J connectivity index is 2.37. The van der Waals surface area contributed by atoms with Crippen molar-refractivity contribution in [2.45, 2.75) is 32.4 Å². The van der Waals surface area contributed by atoms with Crippen molar-refractivity contribution in [3.8, 4) is 0 Å². The Labute approximate surface area is 140 Å². The van der Waals surface area contributed by atoms with E-state index in [1.54, 1.807) is 25.1 Å². The smallest absolute Gasteiger partial charge is 0.338 e. The molecule has 1 atom stereocenters. The van der Waals surface area contributed by atoms with Crippen LogP contribution in [0.5, 0.6) is 0 Å². The normalized spacial score (nSPS) is 19.5. The van der Waals surface area contributed by atoms with Crippen LogP contribution in [0.1, 0.15) is 37.0 Å². The van der Waals surface area contributed by atoms with E-state index in [1.807, 2.05) is 11.0 Å². The van der Waals surface area contributed by atoms with Crippen LogP contribution in [0, 0.1) is 0 Å². The second-order valence-corrected chi connectivity index (χ2v) is 5.45. The van der Waals surface area contributed by atoms with Crippen LogP contribution in [0.4, 0.5) is 5.69 Å². The Bertz CT molecular complexity index is 666. The molecule has 1 saturated heterocycles. The molecule has 0 spiro atoms. The van der Waals surface area contributed by atoms with Gasteiger partial charge in [-0.15, -0.1) is 0 Å². The maximum absolute atomic E-state index is 11.9. The van der Waals surface area contributed by atoms with E-state index in [0.717, 1.165) is 6.42 Å². The van der Waals surface area contributed by atoms with Gasteiger partial charge in [-0.3, -0.25) is 4.79 Å². The van der Waals surface area contributed by atoms with Gasteiger partial charge < -0.3 is 14.4 Å². The molecule has 8 nitrogen and oxygen atoms in total. The lowest BCUT2D eigenvalue weighted by atomic mass is 10.1. The van der Waals surface area contributed by atoms with E-state index in [4.69, 9.17) is 15.0 Å². The maximum atomic E-state index is 11.9. The molecule has 1 aliphatic heterocycles. The van der Waals surface area contributed by atoms with Gasteiger partial charge in [-0.25, -0.2) is 4.79 Å². The zero-order valence-electron chi connectivity index (χ0n) is 13.8. The molecule has 24 heavy (non-hydrogen) atoms. The summed E-state index contributed by atoms with van der Waals surface area (Å²) in [7, 11) is 0. The first kappa shape index (κ1) is 17.6. The number of nitrogens with zero attached hydrogens (tertiary/aromatic N) is 4. The van der Waals surface area contributed by atoms with Crippen molar-refractivity contribution in [1.82, 2.24) is 0 Å². The minimum atomic E-state index is -1.02. The fourth-order valence-corrected chi connectivity index (χ4v) is 2.94. The Morgan fingerprint density at radius 2 is 2.25 bits per heavy atom. The van der Waals surface area contributed by atoms with Crippen LogP contribution in [-0.4, -0.2) is 37.4 Å². The summed E-state index contributed by atoms with van der Waals surface area (Å²) in [5.74, 6) is -0.858. The van der Waals surface area contributed by atoms with Gasteiger partial charge in [-0.1, -0.05) is 11.2 Å². The summed E-state index contributed by atoms with van der Waals surface area (Å²) >= 11 is 0. The van der Waals surface area contributed by atoms with Crippen LogP contribution >= 0.6 is 0 Å². The van der Waals surface area contributed by atoms with Crippen molar-refractivity contribution in [3.63, 3.8) is 0 Å². The molecule has 2 rings (SSSR count). The summed E-state index contributed by atoms with van der Waals surface area (Å²) in [5.41, 5.74) is 8.76. The molecule has 1 aromatic rings. The van der Waals surface area contributed by atoms with E-state index in [2.05, 4.69) is 10.0 Å². The molecule has 1 unspecified atom stereocenters. The quantitative estimate of drug-likeness (QED) is 0.344. The maximum Gasteiger partial charge on any atom is 0.338 e. The van der Waals surface area contributed by atoms with Crippen molar-refractivity contribution < 1.29 is 19.1 Å². The highest BCUT2D eigenvalue weighted by atomic mass is 16.6. The first-order valence-electron chi connectivity index (χ1n) is 7.77. The molecule has 0 aromatic heterocycles. The molecule has 128 valence electrons. The lowest BCUT2D eigenvalue weighted by Gasteiger charge is -2.38. The molecule has 8 heteroatoms. The fourth-order valence-electron chi connectivity index (χ4n) is 2.94. The molecule has 0 aliphatic carbocycles. The van der Waals surface area contributed by atoms with Crippen molar-refractivity contribution in [3.05, 3.63) is 40.3 Å². The Kier molecular flexibility index (Phi) is 5.65. The van der Waals surface area contributed by atoms with Crippen molar-refractivity contribution in [2.75, 3.05) is 24.6 Å². The van der Waals surface area contributed by atoms with E-state index < -0.39 is 17.7 Å². The number of azide groups is 1. The predicted molar refractivity (Wildman–Crippen MR) is 87.5 cm³/mol. The lowest BCUT2D eigenvalue weighted by molar-refractivity contribution is -0.155. The van der Waals surface area contributed by atoms with Gasteiger partial charge in [0.05, 0.1) is 18.7 Å². The number of carbonyl (C=O) groups excluding carboxylic acids is 2. The second kappa shape index (κ2) is 7.70. The van der Waals surface area contributed by atoms with Crippen LogP contribution in [0.15, 0.2) is 29.4 Å². The predicted octanol–water partition coefficient (Wildman–Crippen LogP) is 3.03. The summed E-state index contributed by atoms with van der Waals surface area (Å²) in [4.78, 5) is 28.1.